The zero-order valence-corrected chi connectivity index (χ0v) is 12.8. The molecule has 0 aliphatic rings. The lowest BCUT2D eigenvalue weighted by molar-refractivity contribution is 0.417. The van der Waals surface area contributed by atoms with Gasteiger partial charge in [-0.2, -0.15) is 5.10 Å². The molecule has 2 N–H and O–H groups in total. The maximum atomic E-state index is 5.32. The first-order valence-corrected chi connectivity index (χ1v) is 6.63. The summed E-state index contributed by atoms with van der Waals surface area (Å²) >= 11 is 5.32. The van der Waals surface area contributed by atoms with E-state index < -0.39 is 0 Å². The Kier molecular flexibility index (Phi) is 4.24. The Labute approximate surface area is 123 Å². The lowest BCUT2D eigenvalue weighted by atomic mass is 10.2. The number of methoxy groups -OCH3 is 1. The lowest BCUT2D eigenvalue weighted by Crippen LogP contribution is -2.19. The molecule has 1 heterocycles. The number of benzene rings is 1. The largest absolute Gasteiger partial charge is 0.495 e. The molecule has 0 saturated carbocycles. The molecule has 0 radical (unpaired) electrons. The molecule has 6 heteroatoms. The zero-order chi connectivity index (χ0) is 14.7. The van der Waals surface area contributed by atoms with Gasteiger partial charge < -0.3 is 15.4 Å². The molecule has 0 spiro atoms. The highest BCUT2D eigenvalue weighted by atomic mass is 32.1. The SMILES string of the molecule is COc1ccc(C)cc1NC(=S)Nc1cnn(C)c1C. The Bertz CT molecular complexity index is 636. The molecule has 5 nitrogen and oxygen atoms in total. The summed E-state index contributed by atoms with van der Waals surface area (Å²) in [6.07, 6.45) is 1.75. The fourth-order valence-electron chi connectivity index (χ4n) is 1.82. The number of nitrogens with zero attached hydrogens (tertiary/aromatic N) is 2. The summed E-state index contributed by atoms with van der Waals surface area (Å²) in [5, 5.41) is 10.9. The second-order valence-electron chi connectivity index (χ2n) is 4.55. The molecule has 0 saturated heterocycles. The number of anilines is 2. The van der Waals surface area contributed by atoms with Crippen molar-refractivity contribution in [2.75, 3.05) is 17.7 Å². The number of aromatic nitrogens is 2. The Morgan fingerprint density at radius 3 is 2.55 bits per heavy atom. The molecule has 0 aliphatic heterocycles. The van der Waals surface area contributed by atoms with Crippen LogP contribution in [0.1, 0.15) is 11.3 Å². The van der Waals surface area contributed by atoms with E-state index in [9.17, 15) is 0 Å². The van der Waals surface area contributed by atoms with E-state index in [1.54, 1.807) is 18.0 Å². The van der Waals surface area contributed by atoms with Crippen molar-refractivity contribution in [3.8, 4) is 5.75 Å². The molecule has 1 aromatic heterocycles. The third-order valence-electron chi connectivity index (χ3n) is 3.09. The van der Waals surface area contributed by atoms with Crippen LogP contribution in [0.25, 0.3) is 0 Å². The smallest absolute Gasteiger partial charge is 0.175 e. The molecule has 0 bridgehead atoms. The highest BCUT2D eigenvalue weighted by molar-refractivity contribution is 7.80. The van der Waals surface area contributed by atoms with Crippen molar-refractivity contribution in [3.05, 3.63) is 35.7 Å². The number of thiocarbonyl (C=S) groups is 1. The van der Waals surface area contributed by atoms with Crippen molar-refractivity contribution >= 4 is 28.7 Å². The van der Waals surface area contributed by atoms with Crippen LogP contribution in [-0.4, -0.2) is 22.0 Å². The number of ether oxygens (including phenoxy) is 1. The van der Waals surface area contributed by atoms with Crippen molar-refractivity contribution in [2.24, 2.45) is 7.05 Å². The zero-order valence-electron chi connectivity index (χ0n) is 12.0. The van der Waals surface area contributed by atoms with Gasteiger partial charge in [-0.25, -0.2) is 0 Å². The molecule has 20 heavy (non-hydrogen) atoms. The Morgan fingerprint density at radius 1 is 1.25 bits per heavy atom. The van der Waals surface area contributed by atoms with Crippen LogP contribution in [0.15, 0.2) is 24.4 Å². The normalized spacial score (nSPS) is 10.2. The molecule has 2 rings (SSSR count). The topological polar surface area (TPSA) is 51.1 Å². The predicted octanol–water partition coefficient (Wildman–Crippen LogP) is 2.85. The Hall–Kier alpha value is -2.08. The van der Waals surface area contributed by atoms with Gasteiger partial charge in [0.1, 0.15) is 5.75 Å². The Balaban J connectivity index is 2.12. The standard InChI is InChI=1S/C14H18N4OS/c1-9-5-6-13(19-4)11(7-9)16-14(20)17-12-8-15-18(3)10(12)2/h5-8H,1-4H3,(H2,16,17,20). The maximum absolute atomic E-state index is 5.32. The number of hydrogen-bond acceptors (Lipinski definition) is 3. The first-order valence-electron chi connectivity index (χ1n) is 6.22. The number of aryl methyl sites for hydroxylation is 2. The van der Waals surface area contributed by atoms with Crippen LogP contribution in [0.4, 0.5) is 11.4 Å². The molecule has 0 atom stereocenters. The average Bonchev–Trinajstić information content (AvgIpc) is 2.71. The van der Waals surface area contributed by atoms with E-state index >= 15 is 0 Å². The fourth-order valence-corrected chi connectivity index (χ4v) is 2.04. The summed E-state index contributed by atoms with van der Waals surface area (Å²) in [4.78, 5) is 0. The van der Waals surface area contributed by atoms with Crippen LogP contribution in [0.3, 0.4) is 0 Å². The highest BCUT2D eigenvalue weighted by Gasteiger charge is 2.08. The van der Waals surface area contributed by atoms with E-state index in [1.807, 2.05) is 39.1 Å². The molecule has 1 aromatic carbocycles. The molecular weight excluding hydrogens is 272 g/mol. The van der Waals surface area contributed by atoms with Gasteiger partial charge in [-0.1, -0.05) is 6.07 Å². The molecular formula is C14H18N4OS. The van der Waals surface area contributed by atoms with Crippen LogP contribution in [-0.2, 0) is 7.05 Å². The molecule has 2 aromatic rings. The van der Waals surface area contributed by atoms with E-state index in [0.29, 0.717) is 5.11 Å². The van der Waals surface area contributed by atoms with E-state index in [0.717, 1.165) is 28.4 Å². The lowest BCUT2D eigenvalue weighted by Gasteiger charge is -2.13. The van der Waals surface area contributed by atoms with Gasteiger partial charge in [0, 0.05) is 7.05 Å². The number of rotatable bonds is 3. The maximum Gasteiger partial charge on any atom is 0.175 e. The van der Waals surface area contributed by atoms with Crippen molar-refractivity contribution < 1.29 is 4.74 Å². The van der Waals surface area contributed by atoms with Crippen molar-refractivity contribution in [1.29, 1.82) is 0 Å². The van der Waals surface area contributed by atoms with Gasteiger partial charge in [-0.05, 0) is 43.8 Å². The summed E-state index contributed by atoms with van der Waals surface area (Å²) in [6.45, 7) is 4.00. The first kappa shape index (κ1) is 14.3. The van der Waals surface area contributed by atoms with Gasteiger partial charge in [0.15, 0.2) is 5.11 Å². The monoisotopic (exact) mass is 290 g/mol. The third kappa shape index (κ3) is 3.08. The average molecular weight is 290 g/mol. The van der Waals surface area contributed by atoms with E-state index in [4.69, 9.17) is 17.0 Å². The minimum absolute atomic E-state index is 0.505. The van der Waals surface area contributed by atoms with Crippen LogP contribution in [0, 0.1) is 13.8 Å². The number of hydrogen-bond donors (Lipinski definition) is 2. The molecule has 0 amide bonds. The third-order valence-corrected chi connectivity index (χ3v) is 3.29. The van der Waals surface area contributed by atoms with Crippen molar-refractivity contribution in [1.82, 2.24) is 9.78 Å². The van der Waals surface area contributed by atoms with Gasteiger partial charge in [0.05, 0.1) is 30.4 Å². The van der Waals surface area contributed by atoms with E-state index in [-0.39, 0.29) is 0 Å². The van der Waals surface area contributed by atoms with Crippen LogP contribution in [0.2, 0.25) is 0 Å². The van der Waals surface area contributed by atoms with Gasteiger partial charge in [0.25, 0.3) is 0 Å². The second-order valence-corrected chi connectivity index (χ2v) is 4.96. The second kappa shape index (κ2) is 5.92. The van der Waals surface area contributed by atoms with Crippen LogP contribution >= 0.6 is 12.2 Å². The summed E-state index contributed by atoms with van der Waals surface area (Å²) in [5.74, 6) is 0.752. The van der Waals surface area contributed by atoms with Gasteiger partial charge in [-0.3, -0.25) is 4.68 Å². The van der Waals surface area contributed by atoms with E-state index in [1.165, 1.54) is 0 Å². The Morgan fingerprint density at radius 2 is 1.95 bits per heavy atom. The van der Waals surface area contributed by atoms with Gasteiger partial charge in [0.2, 0.25) is 0 Å². The summed E-state index contributed by atoms with van der Waals surface area (Å²) in [7, 11) is 3.53. The molecule has 106 valence electrons. The first-order chi connectivity index (χ1) is 9.51. The molecule has 0 unspecified atom stereocenters. The van der Waals surface area contributed by atoms with Gasteiger partial charge in [-0.15, -0.1) is 0 Å². The molecule has 0 aliphatic carbocycles. The molecule has 0 fully saturated rings. The number of nitrogens with one attached hydrogen (secondary N) is 2. The van der Waals surface area contributed by atoms with Crippen molar-refractivity contribution in [3.63, 3.8) is 0 Å². The van der Waals surface area contributed by atoms with Gasteiger partial charge >= 0.3 is 0 Å². The minimum Gasteiger partial charge on any atom is -0.495 e. The minimum atomic E-state index is 0.505. The summed E-state index contributed by atoms with van der Waals surface area (Å²) < 4.78 is 7.10. The van der Waals surface area contributed by atoms with E-state index in [2.05, 4.69) is 15.7 Å². The fraction of sp³-hybridized carbons (Fsp3) is 0.286. The predicted molar refractivity (Wildman–Crippen MR) is 85.5 cm³/mol. The summed E-state index contributed by atoms with van der Waals surface area (Å²) in [5.41, 5.74) is 3.88. The van der Waals surface area contributed by atoms with Crippen LogP contribution in [0.5, 0.6) is 5.75 Å². The van der Waals surface area contributed by atoms with Crippen LogP contribution < -0.4 is 15.4 Å². The van der Waals surface area contributed by atoms with Crippen molar-refractivity contribution in [2.45, 2.75) is 13.8 Å². The quantitative estimate of drug-likeness (QED) is 0.851. The highest BCUT2D eigenvalue weighted by Crippen LogP contribution is 2.25. The summed E-state index contributed by atoms with van der Waals surface area (Å²) in [6, 6.07) is 5.89.